The quantitative estimate of drug-likeness (QED) is 0.156. The zero-order valence-electron chi connectivity index (χ0n) is 32.7. The van der Waals surface area contributed by atoms with E-state index in [0.29, 0.717) is 29.0 Å². The highest BCUT2D eigenvalue weighted by Gasteiger charge is 2.19. The third-order valence-corrected chi connectivity index (χ3v) is 11.6. The Hall–Kier alpha value is -8.35. The van der Waals surface area contributed by atoms with Crippen LogP contribution in [0.15, 0.2) is 205 Å². The summed E-state index contributed by atoms with van der Waals surface area (Å²) >= 11 is 0. The van der Waals surface area contributed by atoms with Crippen molar-refractivity contribution in [3.63, 3.8) is 0 Å². The van der Waals surface area contributed by atoms with Crippen LogP contribution in [0.25, 0.3) is 122 Å². The molecule has 284 valence electrons. The van der Waals surface area contributed by atoms with E-state index in [1.54, 1.807) is 0 Å². The number of furan rings is 1. The van der Waals surface area contributed by atoms with Crippen LogP contribution in [0.3, 0.4) is 0 Å². The fraction of sp³-hybridized carbons (Fsp3) is 0. The Kier molecular flexibility index (Phi) is 8.06. The van der Waals surface area contributed by atoms with Gasteiger partial charge in [0.1, 0.15) is 16.9 Å². The van der Waals surface area contributed by atoms with Gasteiger partial charge in [0.05, 0.1) is 5.69 Å². The van der Waals surface area contributed by atoms with E-state index in [9.17, 15) is 0 Å². The SMILES string of the molecule is c1ccc(-c2nc(-c3ccc4c5ccccc5c5ccccc5c4c3)cc(-c3nc(-c4ccccc4)nc(-c4ccc(-c5cccc6oc7ccccc7c56)cc4)n3)n2)cc1. The molecule has 0 radical (unpaired) electrons. The van der Waals surface area contributed by atoms with Gasteiger partial charge in [-0.1, -0.05) is 176 Å². The van der Waals surface area contributed by atoms with Crippen molar-refractivity contribution in [1.29, 1.82) is 0 Å². The molecule has 0 amide bonds. The standard InChI is InChI=1S/C55H33N5O/c1-3-14-35(15-4-1)52-56-47(38-30-31-44-42-20-8-7-18-40(42)41-19-9-10-21-43(41)46(44)32-38)33-48(57-52)55-59-53(36-16-5-2-6-17-36)58-54(60-55)37-28-26-34(27-29-37)39-23-13-25-50-51(39)45-22-11-12-24-49(45)61-50/h1-33H. The van der Waals surface area contributed by atoms with E-state index in [4.69, 9.17) is 29.3 Å². The summed E-state index contributed by atoms with van der Waals surface area (Å²) < 4.78 is 6.21. The third-order valence-electron chi connectivity index (χ3n) is 11.6. The van der Waals surface area contributed by atoms with Gasteiger partial charge in [-0.3, -0.25) is 0 Å². The van der Waals surface area contributed by atoms with Gasteiger partial charge < -0.3 is 4.42 Å². The van der Waals surface area contributed by atoms with Crippen molar-refractivity contribution in [2.45, 2.75) is 0 Å². The number of rotatable bonds is 6. The highest BCUT2D eigenvalue weighted by atomic mass is 16.3. The maximum absolute atomic E-state index is 6.21. The first-order valence-corrected chi connectivity index (χ1v) is 20.3. The molecule has 0 unspecified atom stereocenters. The smallest absolute Gasteiger partial charge is 0.182 e. The van der Waals surface area contributed by atoms with Crippen molar-refractivity contribution >= 4 is 54.3 Å². The average molecular weight is 780 g/mol. The van der Waals surface area contributed by atoms with Gasteiger partial charge in [-0.15, -0.1) is 0 Å². The molecule has 0 bridgehead atoms. The molecule has 0 saturated heterocycles. The Morgan fingerprint density at radius 1 is 0.262 bits per heavy atom. The van der Waals surface area contributed by atoms with E-state index in [2.05, 4.69) is 109 Å². The number of benzene rings is 9. The summed E-state index contributed by atoms with van der Waals surface area (Å²) in [6, 6.07) is 68.8. The minimum Gasteiger partial charge on any atom is -0.456 e. The number of nitrogens with zero attached hydrogens (tertiary/aromatic N) is 5. The molecule has 0 aliphatic heterocycles. The van der Waals surface area contributed by atoms with Crippen LogP contribution in [-0.2, 0) is 0 Å². The Bertz CT molecular complexity index is 3600. The predicted molar refractivity (Wildman–Crippen MR) is 248 cm³/mol. The van der Waals surface area contributed by atoms with Gasteiger partial charge >= 0.3 is 0 Å². The summed E-state index contributed by atoms with van der Waals surface area (Å²) in [6.07, 6.45) is 0. The van der Waals surface area contributed by atoms with Crippen molar-refractivity contribution < 1.29 is 4.42 Å². The number of para-hydroxylation sites is 1. The Labute approximate surface area is 350 Å². The fourth-order valence-corrected chi connectivity index (χ4v) is 8.64. The van der Waals surface area contributed by atoms with Crippen molar-refractivity contribution in [2.24, 2.45) is 0 Å². The van der Waals surface area contributed by atoms with Crippen molar-refractivity contribution in [1.82, 2.24) is 24.9 Å². The Morgan fingerprint density at radius 2 is 0.721 bits per heavy atom. The fourth-order valence-electron chi connectivity index (χ4n) is 8.64. The molecule has 12 rings (SSSR count). The average Bonchev–Trinajstić information content (AvgIpc) is 3.73. The summed E-state index contributed by atoms with van der Waals surface area (Å²) in [7, 11) is 0. The van der Waals surface area contributed by atoms with Gasteiger partial charge in [-0.25, -0.2) is 24.9 Å². The molecular weight excluding hydrogens is 747 g/mol. The molecular formula is C55H33N5O. The molecule has 0 N–H and O–H groups in total. The molecule has 0 atom stereocenters. The Balaban J connectivity index is 1.03. The zero-order chi connectivity index (χ0) is 40.3. The van der Waals surface area contributed by atoms with Crippen LogP contribution in [0, 0.1) is 0 Å². The van der Waals surface area contributed by atoms with Crippen LogP contribution < -0.4 is 0 Å². The lowest BCUT2D eigenvalue weighted by Gasteiger charge is -2.13. The van der Waals surface area contributed by atoms with E-state index < -0.39 is 0 Å². The summed E-state index contributed by atoms with van der Waals surface area (Å²) in [6.45, 7) is 0. The number of aromatic nitrogens is 5. The van der Waals surface area contributed by atoms with Crippen LogP contribution in [-0.4, -0.2) is 24.9 Å². The van der Waals surface area contributed by atoms with Crippen molar-refractivity contribution in [3.05, 3.63) is 200 Å². The number of hydrogen-bond donors (Lipinski definition) is 0. The van der Waals surface area contributed by atoms with Crippen LogP contribution in [0.2, 0.25) is 0 Å². The zero-order valence-corrected chi connectivity index (χ0v) is 32.7. The topological polar surface area (TPSA) is 77.6 Å². The van der Waals surface area contributed by atoms with Gasteiger partial charge in [-0.2, -0.15) is 0 Å². The first-order chi connectivity index (χ1) is 30.2. The molecule has 61 heavy (non-hydrogen) atoms. The van der Waals surface area contributed by atoms with Gasteiger partial charge in [0.25, 0.3) is 0 Å². The minimum atomic E-state index is 0.459. The molecule has 0 aliphatic rings. The molecule has 0 aliphatic carbocycles. The van der Waals surface area contributed by atoms with Crippen LogP contribution in [0.4, 0.5) is 0 Å². The van der Waals surface area contributed by atoms with Crippen molar-refractivity contribution in [2.75, 3.05) is 0 Å². The van der Waals surface area contributed by atoms with Crippen LogP contribution in [0.1, 0.15) is 0 Å². The molecule has 3 aromatic heterocycles. The first-order valence-electron chi connectivity index (χ1n) is 20.3. The summed E-state index contributed by atoms with van der Waals surface area (Å²) in [5, 5.41) is 9.45. The first kappa shape index (κ1) is 34.7. The minimum absolute atomic E-state index is 0.459. The predicted octanol–water partition coefficient (Wildman–Crippen LogP) is 14.0. The highest BCUT2D eigenvalue weighted by molar-refractivity contribution is 6.25. The van der Waals surface area contributed by atoms with E-state index >= 15 is 0 Å². The maximum atomic E-state index is 6.21. The van der Waals surface area contributed by atoms with Crippen LogP contribution in [0.5, 0.6) is 0 Å². The number of fused-ring (bicyclic) bond motifs is 9. The summed E-state index contributed by atoms with van der Waals surface area (Å²) in [4.78, 5) is 25.6. The molecule has 6 nitrogen and oxygen atoms in total. The van der Waals surface area contributed by atoms with Gasteiger partial charge in [-0.05, 0) is 67.7 Å². The lowest BCUT2D eigenvalue weighted by molar-refractivity contribution is 0.669. The summed E-state index contributed by atoms with van der Waals surface area (Å²) in [5.41, 5.74) is 8.91. The lowest BCUT2D eigenvalue weighted by atomic mass is 9.93. The van der Waals surface area contributed by atoms with E-state index in [0.717, 1.165) is 61.0 Å². The Morgan fingerprint density at radius 3 is 1.38 bits per heavy atom. The molecule has 3 heterocycles. The summed E-state index contributed by atoms with van der Waals surface area (Å²) in [5.74, 6) is 2.16. The van der Waals surface area contributed by atoms with E-state index in [1.807, 2.05) is 91.0 Å². The molecule has 0 spiro atoms. The second-order valence-electron chi connectivity index (χ2n) is 15.2. The van der Waals surface area contributed by atoms with Gasteiger partial charge in [0.2, 0.25) is 0 Å². The largest absolute Gasteiger partial charge is 0.456 e. The number of hydrogen-bond acceptors (Lipinski definition) is 6. The molecule has 0 saturated carbocycles. The molecule has 0 fully saturated rings. The molecule has 6 heteroatoms. The van der Waals surface area contributed by atoms with E-state index in [1.165, 1.54) is 32.3 Å². The second kappa shape index (κ2) is 14.2. The normalized spacial score (nSPS) is 11.6. The lowest BCUT2D eigenvalue weighted by Crippen LogP contribution is -2.03. The molecule has 9 aromatic carbocycles. The highest BCUT2D eigenvalue weighted by Crippen LogP contribution is 2.39. The molecule has 12 aromatic rings. The van der Waals surface area contributed by atoms with Gasteiger partial charge in [0, 0.05) is 33.0 Å². The van der Waals surface area contributed by atoms with E-state index in [-0.39, 0.29) is 0 Å². The van der Waals surface area contributed by atoms with Crippen molar-refractivity contribution in [3.8, 4) is 68.1 Å². The van der Waals surface area contributed by atoms with Crippen LogP contribution >= 0.6 is 0 Å². The third kappa shape index (κ3) is 6.00. The van der Waals surface area contributed by atoms with Gasteiger partial charge in [0.15, 0.2) is 23.3 Å². The second-order valence-corrected chi connectivity index (χ2v) is 15.2. The monoisotopic (exact) mass is 779 g/mol. The maximum Gasteiger partial charge on any atom is 0.182 e.